The van der Waals surface area contributed by atoms with Gasteiger partial charge in [-0.2, -0.15) is 0 Å². The second kappa shape index (κ2) is 6.41. The first-order chi connectivity index (χ1) is 6.92. The average Bonchev–Trinajstić information content (AvgIpc) is 2.59. The fourth-order valence-corrected chi connectivity index (χ4v) is 3.27. The van der Waals surface area contributed by atoms with E-state index < -0.39 is 0 Å². The lowest BCUT2D eigenvalue weighted by molar-refractivity contribution is 0.00568. The van der Waals surface area contributed by atoms with Crippen LogP contribution in [0.25, 0.3) is 0 Å². The van der Waals surface area contributed by atoms with E-state index in [1.807, 2.05) is 0 Å². The van der Waals surface area contributed by atoms with E-state index in [0.717, 1.165) is 44.4 Å². The highest BCUT2D eigenvalue weighted by Gasteiger charge is 2.36. The van der Waals surface area contributed by atoms with Crippen LogP contribution in [0.1, 0.15) is 25.7 Å². The van der Waals surface area contributed by atoms with E-state index in [-0.39, 0.29) is 24.8 Å². The average molecular weight is 269 g/mol. The minimum atomic E-state index is 0. The Balaban J connectivity index is 0.000000640. The summed E-state index contributed by atoms with van der Waals surface area (Å²) in [5, 5.41) is 3.70. The summed E-state index contributed by atoms with van der Waals surface area (Å²) in [6, 6.07) is 2.49. The third-order valence-electron chi connectivity index (χ3n) is 4.01. The van der Waals surface area contributed by atoms with Crippen LogP contribution in [-0.4, -0.2) is 49.3 Å². The van der Waals surface area contributed by atoms with Gasteiger partial charge in [-0.15, -0.1) is 24.8 Å². The molecule has 0 aromatic rings. The zero-order valence-electron chi connectivity index (χ0n) is 9.56. The highest BCUT2D eigenvalue weighted by atomic mass is 35.5. The van der Waals surface area contributed by atoms with Crippen LogP contribution >= 0.6 is 24.8 Å². The predicted molar refractivity (Wildman–Crippen MR) is 69.9 cm³/mol. The molecular formula is C11H22Cl2N2O. The fraction of sp³-hybridized carbons (Fsp3) is 1.00. The third-order valence-corrected chi connectivity index (χ3v) is 4.01. The van der Waals surface area contributed by atoms with Crippen molar-refractivity contribution < 1.29 is 4.74 Å². The summed E-state index contributed by atoms with van der Waals surface area (Å²) in [5.41, 5.74) is 0. The van der Waals surface area contributed by atoms with Crippen LogP contribution < -0.4 is 5.32 Å². The third kappa shape index (κ3) is 3.02. The topological polar surface area (TPSA) is 24.5 Å². The standard InChI is InChI=1S/C11H20N2O.2ClH/c1-2-10-8-11(7-9(1)12-10)13-3-5-14-6-4-13;;/h9-12H,1-8H2;2*1H/t9-,10+,11?;;. The molecule has 0 aromatic heterocycles. The largest absolute Gasteiger partial charge is 0.379 e. The number of morpholine rings is 1. The van der Waals surface area contributed by atoms with Gasteiger partial charge in [-0.3, -0.25) is 4.90 Å². The first-order valence-electron chi connectivity index (χ1n) is 5.99. The highest BCUT2D eigenvalue weighted by Crippen LogP contribution is 2.29. The van der Waals surface area contributed by atoms with Gasteiger partial charge in [0.2, 0.25) is 0 Å². The van der Waals surface area contributed by atoms with Crippen molar-refractivity contribution in [2.75, 3.05) is 26.3 Å². The molecule has 0 radical (unpaired) electrons. The Bertz CT molecular complexity index is 200. The van der Waals surface area contributed by atoms with Crippen molar-refractivity contribution in [3.63, 3.8) is 0 Å². The summed E-state index contributed by atoms with van der Waals surface area (Å²) in [6.07, 6.45) is 5.56. The SMILES string of the molecule is C1CN(C2C[C@H]3CC[C@@H](C2)N3)CCO1.Cl.Cl. The van der Waals surface area contributed by atoms with Gasteiger partial charge in [-0.25, -0.2) is 0 Å². The Morgan fingerprint density at radius 2 is 1.50 bits per heavy atom. The Morgan fingerprint density at radius 1 is 0.938 bits per heavy atom. The molecule has 16 heavy (non-hydrogen) atoms. The highest BCUT2D eigenvalue weighted by molar-refractivity contribution is 5.85. The van der Waals surface area contributed by atoms with Crippen LogP contribution in [0.15, 0.2) is 0 Å². The molecule has 1 N–H and O–H groups in total. The Hall–Kier alpha value is 0.460. The van der Waals surface area contributed by atoms with Gasteiger partial charge in [0.15, 0.2) is 0 Å². The number of hydrogen-bond acceptors (Lipinski definition) is 3. The number of piperidine rings is 1. The Morgan fingerprint density at radius 3 is 2.06 bits per heavy atom. The lowest BCUT2D eigenvalue weighted by Crippen LogP contribution is -2.51. The van der Waals surface area contributed by atoms with E-state index in [2.05, 4.69) is 10.2 Å². The van der Waals surface area contributed by atoms with Gasteiger partial charge in [0.1, 0.15) is 0 Å². The number of ether oxygens (including phenoxy) is 1. The molecule has 1 unspecified atom stereocenters. The summed E-state index contributed by atoms with van der Waals surface area (Å²) >= 11 is 0. The van der Waals surface area contributed by atoms with Crippen molar-refractivity contribution >= 4 is 24.8 Å². The number of nitrogens with one attached hydrogen (secondary N) is 1. The molecule has 3 heterocycles. The molecule has 0 spiro atoms. The van der Waals surface area contributed by atoms with Gasteiger partial charge < -0.3 is 10.1 Å². The first kappa shape index (κ1) is 14.5. The molecule has 0 aliphatic carbocycles. The van der Waals surface area contributed by atoms with Crippen molar-refractivity contribution in [1.29, 1.82) is 0 Å². The van der Waals surface area contributed by atoms with Gasteiger partial charge in [0, 0.05) is 31.2 Å². The maximum atomic E-state index is 5.40. The molecule has 0 saturated carbocycles. The quantitative estimate of drug-likeness (QED) is 0.779. The fourth-order valence-electron chi connectivity index (χ4n) is 3.27. The normalized spacial score (nSPS) is 38.6. The predicted octanol–water partition coefficient (Wildman–Crippen LogP) is 1.45. The van der Waals surface area contributed by atoms with Gasteiger partial charge in [-0.1, -0.05) is 0 Å². The number of fused-ring (bicyclic) bond motifs is 2. The molecule has 96 valence electrons. The van der Waals surface area contributed by atoms with Crippen LogP contribution in [0.3, 0.4) is 0 Å². The zero-order valence-corrected chi connectivity index (χ0v) is 11.2. The maximum Gasteiger partial charge on any atom is 0.0594 e. The van der Waals surface area contributed by atoms with E-state index in [1.165, 1.54) is 25.7 Å². The minimum absolute atomic E-state index is 0. The van der Waals surface area contributed by atoms with Crippen molar-refractivity contribution in [3.8, 4) is 0 Å². The van der Waals surface area contributed by atoms with Gasteiger partial charge >= 0.3 is 0 Å². The van der Waals surface area contributed by atoms with Crippen LogP contribution in [0.2, 0.25) is 0 Å². The first-order valence-corrected chi connectivity index (χ1v) is 5.99. The molecule has 0 aromatic carbocycles. The number of halogens is 2. The van der Waals surface area contributed by atoms with E-state index in [4.69, 9.17) is 4.74 Å². The number of rotatable bonds is 1. The summed E-state index contributed by atoms with van der Waals surface area (Å²) in [4.78, 5) is 2.65. The van der Waals surface area contributed by atoms with Crippen LogP contribution in [-0.2, 0) is 4.74 Å². The molecule has 3 aliphatic heterocycles. The van der Waals surface area contributed by atoms with Crippen LogP contribution in [0, 0.1) is 0 Å². The van der Waals surface area contributed by atoms with E-state index in [1.54, 1.807) is 0 Å². The molecule has 3 fully saturated rings. The van der Waals surface area contributed by atoms with Crippen molar-refractivity contribution in [3.05, 3.63) is 0 Å². The van der Waals surface area contributed by atoms with Gasteiger partial charge in [-0.05, 0) is 25.7 Å². The smallest absolute Gasteiger partial charge is 0.0594 e. The van der Waals surface area contributed by atoms with Crippen molar-refractivity contribution in [1.82, 2.24) is 10.2 Å². The summed E-state index contributed by atoms with van der Waals surface area (Å²) in [5.74, 6) is 0. The summed E-state index contributed by atoms with van der Waals surface area (Å²) in [6.45, 7) is 4.20. The molecule has 3 atom stereocenters. The molecule has 5 heteroatoms. The maximum absolute atomic E-state index is 5.40. The van der Waals surface area contributed by atoms with Gasteiger partial charge in [0.25, 0.3) is 0 Å². The molecule has 0 amide bonds. The second-order valence-corrected chi connectivity index (χ2v) is 4.91. The molecule has 3 nitrogen and oxygen atoms in total. The van der Waals surface area contributed by atoms with Crippen molar-refractivity contribution in [2.24, 2.45) is 0 Å². The summed E-state index contributed by atoms with van der Waals surface area (Å²) in [7, 11) is 0. The lowest BCUT2D eigenvalue weighted by Gasteiger charge is -2.39. The van der Waals surface area contributed by atoms with Crippen LogP contribution in [0.4, 0.5) is 0 Å². The lowest BCUT2D eigenvalue weighted by atomic mass is 9.98. The number of nitrogens with zero attached hydrogens (tertiary/aromatic N) is 1. The summed E-state index contributed by atoms with van der Waals surface area (Å²) < 4.78 is 5.40. The Kier molecular flexibility index (Phi) is 5.82. The molecule has 3 saturated heterocycles. The number of hydrogen-bond donors (Lipinski definition) is 1. The minimum Gasteiger partial charge on any atom is -0.379 e. The molecule has 3 rings (SSSR count). The van der Waals surface area contributed by atoms with E-state index in [9.17, 15) is 0 Å². The Labute approximate surface area is 110 Å². The van der Waals surface area contributed by atoms with Crippen molar-refractivity contribution in [2.45, 2.75) is 43.8 Å². The monoisotopic (exact) mass is 268 g/mol. The van der Waals surface area contributed by atoms with Crippen LogP contribution in [0.5, 0.6) is 0 Å². The molecule has 2 bridgehead atoms. The molecule has 3 aliphatic rings. The zero-order chi connectivity index (χ0) is 9.38. The van der Waals surface area contributed by atoms with E-state index >= 15 is 0 Å². The van der Waals surface area contributed by atoms with Gasteiger partial charge in [0.05, 0.1) is 13.2 Å². The molecular weight excluding hydrogens is 247 g/mol. The van der Waals surface area contributed by atoms with E-state index in [0.29, 0.717) is 0 Å². The second-order valence-electron chi connectivity index (χ2n) is 4.91.